The Kier molecular flexibility index (Phi) is 32.1. The van der Waals surface area contributed by atoms with Gasteiger partial charge in [-0.25, -0.2) is 55.1 Å². The molecule has 32 nitrogen and oxygen atoms in total. The van der Waals surface area contributed by atoms with Gasteiger partial charge in [0, 0.05) is 204 Å². The predicted molar refractivity (Wildman–Crippen MR) is 518 cm³/mol. The zero-order valence-corrected chi connectivity index (χ0v) is 78.5. The minimum Gasteiger partial charge on any atom is -0.478 e. The number of carboxylic acid groups (broad SMARTS) is 6. The van der Waals surface area contributed by atoms with Gasteiger partial charge in [-0.05, 0) is 223 Å². The SMILES string of the molecule is CCCn1cc(Cc2cnccc2C(=O)O)c2cc(F)ccc21.COCCn1nc(Cc2cnccc2C(=O)O)c2cc(F)ccc21.Cc1cc(F)cc2c(Cc3cnccc3C(=O)O)nn(C)c12.Cc1cc(F)cc2c(Cc3cnccc3C(=O)O)nn(C)c12.O=C(O)c1ccncc1Cc1nn(C2CCC2)c2ccc(F)cc12.O=C(O)c1ccncc1Cc1nn(CCN2CCOCC2)c2ccc(F)cc12. The fraction of sp³-hybridized carbons (Fsp3) is 0.248. The summed E-state index contributed by atoms with van der Waals surface area (Å²) in [5, 5.41) is 82.8. The van der Waals surface area contributed by atoms with Gasteiger partial charge in [-0.15, -0.1) is 0 Å². The molecule has 1 aliphatic carbocycles. The second kappa shape index (κ2) is 45.5. The summed E-state index contributed by atoms with van der Waals surface area (Å²) in [5.74, 6) is -8.02. The number of carbonyl (C=O) groups is 6. The monoisotopic (exact) mass is 1950 g/mol. The first-order chi connectivity index (χ1) is 68.9. The topological polar surface area (TPSA) is 417 Å². The number of ether oxygens (including phenoxy) is 2. The number of hydrogen-bond acceptors (Lipinski definition) is 20. The van der Waals surface area contributed by atoms with Crippen LogP contribution >= 0.6 is 0 Å². The van der Waals surface area contributed by atoms with Crippen LogP contribution in [-0.4, -0.2) is 201 Å². The third-order valence-electron chi connectivity index (χ3n) is 24.7. The zero-order chi connectivity index (χ0) is 101. The van der Waals surface area contributed by atoms with E-state index >= 15 is 0 Å². The number of benzene rings is 6. The van der Waals surface area contributed by atoms with Crippen LogP contribution in [0.1, 0.15) is 179 Å². The Morgan fingerprint density at radius 2 is 0.699 bits per heavy atom. The number of hydrogen-bond donors (Lipinski definition) is 6. The van der Waals surface area contributed by atoms with E-state index in [1.54, 1.807) is 65.7 Å². The number of carboxylic acids is 6. The third kappa shape index (κ3) is 23.8. The Morgan fingerprint density at radius 3 is 1.06 bits per heavy atom. The van der Waals surface area contributed by atoms with Crippen LogP contribution < -0.4 is 0 Å². The Bertz CT molecular complexity index is 7650. The standard InChI is InChI=1S/C20H21FN4O3.C18H16FN3O2.C18H17FN2O2.C17H16FN3O3.2C16H14FN3O2/c21-15-1-2-19-17(12-15)18(11-14-13-22-4-3-16(14)20(26)27)23-25(19)6-5-24-7-9-28-10-8-24;19-12-4-5-17-15(9-12)16(21-22(17)13-2-1-3-13)8-11-10-20-7-6-14(11)18(23)24;1-2-7-21-11-13(16-9-14(19)3-4-17(16)21)8-12-10-20-6-5-15(12)18(22)23;1-24-7-6-21-16-3-2-12(18)9-14(16)15(20-21)8-11-10-19-5-4-13(11)17(22)23;2*1-9-5-11(17)7-13-14(19-20(2)15(9)13)6-10-8-18-4-3-12(10)16(21)22/h1-4,12-13H,5-11H2,(H,26,27);4-7,9-10,13H,1-3,8H2,(H,23,24);3-6,9-11H,2,7-8H2,1H3,(H,22,23);2-5,9-10H,6-8H2,1H3,(H,22,23);2*3-5,7-8H,6H2,1-2H3,(H,21,22). The van der Waals surface area contributed by atoms with Crippen LogP contribution in [0.4, 0.5) is 26.3 Å². The van der Waals surface area contributed by atoms with Crippen molar-refractivity contribution >= 4 is 101 Å². The maximum atomic E-state index is 13.9. The molecular formula is C105H98F6N18O14. The summed E-state index contributed by atoms with van der Waals surface area (Å²) >= 11 is 0. The summed E-state index contributed by atoms with van der Waals surface area (Å²) in [6.07, 6.45) is 25.9. The predicted octanol–water partition coefficient (Wildman–Crippen LogP) is 17.6. The average molecular weight is 1950 g/mol. The van der Waals surface area contributed by atoms with Gasteiger partial charge in [0.2, 0.25) is 0 Å². The molecule has 143 heavy (non-hydrogen) atoms. The van der Waals surface area contributed by atoms with Gasteiger partial charge >= 0.3 is 35.8 Å². The van der Waals surface area contributed by atoms with Crippen LogP contribution in [-0.2, 0) is 81.7 Å². The van der Waals surface area contributed by atoms with Crippen molar-refractivity contribution < 1.29 is 95.2 Å². The molecule has 6 N–H and O–H groups in total. The molecule has 6 aromatic carbocycles. The van der Waals surface area contributed by atoms with Crippen molar-refractivity contribution in [3.05, 3.63) is 361 Å². The van der Waals surface area contributed by atoms with Crippen molar-refractivity contribution in [2.45, 2.75) is 111 Å². The lowest BCUT2D eigenvalue weighted by Gasteiger charge is -2.26. The molecule has 0 unspecified atom stereocenters. The Balaban J connectivity index is 0.000000130. The van der Waals surface area contributed by atoms with Gasteiger partial charge in [0.15, 0.2) is 0 Å². The van der Waals surface area contributed by atoms with Crippen molar-refractivity contribution in [3.8, 4) is 0 Å². The molecule has 2 aliphatic rings. The maximum Gasteiger partial charge on any atom is 0.336 e. The summed E-state index contributed by atoms with van der Waals surface area (Å²) in [7, 11) is 5.18. The zero-order valence-electron chi connectivity index (χ0n) is 78.5. The lowest BCUT2D eigenvalue weighted by Crippen LogP contribution is -2.38. The van der Waals surface area contributed by atoms with E-state index in [1.165, 1.54) is 184 Å². The van der Waals surface area contributed by atoms with Gasteiger partial charge in [0.25, 0.3) is 0 Å². The van der Waals surface area contributed by atoms with Crippen molar-refractivity contribution in [2.24, 2.45) is 14.1 Å². The maximum absolute atomic E-state index is 13.9. The molecule has 0 spiro atoms. The Labute approximate surface area is 812 Å². The van der Waals surface area contributed by atoms with E-state index in [1.807, 2.05) is 29.4 Å². The second-order valence-electron chi connectivity index (χ2n) is 34.2. The highest BCUT2D eigenvalue weighted by atomic mass is 19.1. The van der Waals surface area contributed by atoms with Crippen LogP contribution in [0.3, 0.4) is 0 Å². The Morgan fingerprint density at radius 1 is 0.371 bits per heavy atom. The van der Waals surface area contributed by atoms with E-state index in [0.717, 1.165) is 119 Å². The lowest BCUT2D eigenvalue weighted by molar-refractivity contribution is 0.0361. The fourth-order valence-electron chi connectivity index (χ4n) is 17.8. The Hall–Kier alpha value is -16.6. The number of aromatic carboxylic acids is 6. The molecule has 1 saturated heterocycles. The van der Waals surface area contributed by atoms with Gasteiger partial charge in [0.1, 0.15) is 34.9 Å². The molecule has 38 heteroatoms. The van der Waals surface area contributed by atoms with E-state index in [0.29, 0.717) is 122 Å². The highest BCUT2D eigenvalue weighted by Gasteiger charge is 2.28. The number of nitrogens with zero attached hydrogens (tertiary/aromatic N) is 18. The number of fused-ring (bicyclic) bond motifs is 6. The van der Waals surface area contributed by atoms with E-state index in [9.17, 15) is 85.7 Å². The minimum atomic E-state index is -1.03. The summed E-state index contributed by atoms with van der Waals surface area (Å²) in [5.41, 5.74) is 15.4. The van der Waals surface area contributed by atoms with Crippen LogP contribution in [0.5, 0.6) is 0 Å². The van der Waals surface area contributed by atoms with Crippen LogP contribution in [0.25, 0.3) is 65.4 Å². The number of rotatable bonds is 27. The highest BCUT2D eigenvalue weighted by Crippen LogP contribution is 2.37. The molecule has 0 radical (unpaired) electrons. The van der Waals surface area contributed by atoms with Gasteiger partial charge in [-0.1, -0.05) is 6.92 Å². The van der Waals surface area contributed by atoms with E-state index in [-0.39, 0.29) is 94.0 Å². The van der Waals surface area contributed by atoms with Gasteiger partial charge in [-0.3, -0.25) is 58.2 Å². The molecular weight excluding hydrogens is 1850 g/mol. The molecule has 1 aliphatic heterocycles. The fourth-order valence-corrected chi connectivity index (χ4v) is 17.8. The number of pyridine rings is 6. The normalized spacial score (nSPS) is 12.5. The van der Waals surface area contributed by atoms with Crippen LogP contribution in [0, 0.1) is 48.8 Å². The van der Waals surface area contributed by atoms with Crippen molar-refractivity contribution in [3.63, 3.8) is 0 Å². The first-order valence-corrected chi connectivity index (χ1v) is 45.6. The molecule has 0 amide bonds. The summed E-state index contributed by atoms with van der Waals surface area (Å²) in [6, 6.07) is 33.4. The number of halogens is 6. The van der Waals surface area contributed by atoms with Gasteiger partial charge in [-0.2, -0.15) is 25.5 Å². The molecule has 0 bridgehead atoms. The van der Waals surface area contributed by atoms with Crippen LogP contribution in [0.15, 0.2) is 214 Å². The molecule has 13 heterocycles. The first kappa shape index (κ1) is 101. The van der Waals surface area contributed by atoms with Gasteiger partial charge < -0.3 is 44.7 Å². The second-order valence-corrected chi connectivity index (χ2v) is 34.2. The average Bonchev–Trinajstić information content (AvgIpc) is 1.63. The smallest absolute Gasteiger partial charge is 0.336 e. The number of aryl methyl sites for hydroxylation is 5. The van der Waals surface area contributed by atoms with Crippen molar-refractivity contribution in [2.75, 3.05) is 46.6 Å². The molecule has 20 rings (SSSR count). The minimum absolute atomic E-state index is 0.168. The van der Waals surface area contributed by atoms with Crippen molar-refractivity contribution in [1.29, 1.82) is 0 Å². The summed E-state index contributed by atoms with van der Waals surface area (Å²) < 4.78 is 104. The molecule has 12 aromatic heterocycles. The molecule has 734 valence electrons. The molecule has 2 fully saturated rings. The quantitative estimate of drug-likeness (QED) is 0.0260. The number of aromatic nitrogens is 17. The van der Waals surface area contributed by atoms with E-state index in [4.69, 9.17) is 9.47 Å². The van der Waals surface area contributed by atoms with Crippen molar-refractivity contribution in [1.82, 2.24) is 88.3 Å². The summed E-state index contributed by atoms with van der Waals surface area (Å²) in [6.45, 7) is 12.3. The molecule has 18 aromatic rings. The third-order valence-corrected chi connectivity index (χ3v) is 24.7. The van der Waals surface area contributed by atoms with E-state index in [2.05, 4.69) is 71.8 Å². The number of methoxy groups -OCH3 is 1. The largest absolute Gasteiger partial charge is 0.478 e. The van der Waals surface area contributed by atoms with Crippen LogP contribution in [0.2, 0.25) is 0 Å². The van der Waals surface area contributed by atoms with Gasteiger partial charge in [0.05, 0.1) is 128 Å². The van der Waals surface area contributed by atoms with E-state index < -0.39 is 35.8 Å². The molecule has 0 atom stereocenters. The number of morpholine rings is 1. The lowest BCUT2D eigenvalue weighted by atomic mass is 9.93. The first-order valence-electron chi connectivity index (χ1n) is 45.6. The highest BCUT2D eigenvalue weighted by molar-refractivity contribution is 5.95. The molecule has 1 saturated carbocycles. The summed E-state index contributed by atoms with van der Waals surface area (Å²) in [4.78, 5) is 94.4.